The standard InChI is InChI=1S/C24H17N5O3/c30-24(28-26-14-6-8-17-7-1-4-12-23(17)29(31)32)20-15-22(18-9-5-13-25-16-18)27-21-11-3-2-10-19(20)21/h1-16H,(H,28,30)/b8-6+,26-14-. The minimum absolute atomic E-state index is 0.00706. The fourth-order valence-electron chi connectivity index (χ4n) is 3.17. The fourth-order valence-corrected chi connectivity index (χ4v) is 3.17. The zero-order chi connectivity index (χ0) is 22.3. The Kier molecular flexibility index (Phi) is 6.03. The van der Waals surface area contributed by atoms with Gasteiger partial charge in [-0.15, -0.1) is 0 Å². The molecule has 1 N–H and O–H groups in total. The zero-order valence-corrected chi connectivity index (χ0v) is 16.8. The summed E-state index contributed by atoms with van der Waals surface area (Å²) in [5.41, 5.74) is 5.46. The predicted octanol–water partition coefficient (Wildman–Crippen LogP) is 4.63. The first kappa shape index (κ1) is 20.5. The Morgan fingerprint density at radius 2 is 1.88 bits per heavy atom. The molecule has 0 aliphatic rings. The molecule has 1 amide bonds. The van der Waals surface area contributed by atoms with E-state index in [2.05, 4.69) is 20.5 Å². The minimum atomic E-state index is -0.451. The van der Waals surface area contributed by atoms with Gasteiger partial charge in [-0.05, 0) is 42.5 Å². The summed E-state index contributed by atoms with van der Waals surface area (Å²) >= 11 is 0. The van der Waals surface area contributed by atoms with Crippen molar-refractivity contribution >= 4 is 34.8 Å². The SMILES string of the molecule is O=C(N/N=C\C=C\c1ccccc1[N+](=O)[O-])c1cc(-c2cccnc2)nc2ccccc12. The van der Waals surface area contributed by atoms with Gasteiger partial charge in [-0.3, -0.25) is 19.9 Å². The normalized spacial score (nSPS) is 11.2. The van der Waals surface area contributed by atoms with Gasteiger partial charge in [0, 0.05) is 35.6 Å². The van der Waals surface area contributed by atoms with Crippen molar-refractivity contribution in [3.63, 3.8) is 0 Å². The maximum atomic E-state index is 12.8. The highest BCUT2D eigenvalue weighted by atomic mass is 16.6. The molecule has 156 valence electrons. The van der Waals surface area contributed by atoms with E-state index in [0.717, 1.165) is 5.56 Å². The number of rotatable bonds is 6. The van der Waals surface area contributed by atoms with Crippen LogP contribution in [0.2, 0.25) is 0 Å². The molecule has 4 rings (SSSR count). The molecule has 0 unspecified atom stereocenters. The average Bonchev–Trinajstić information content (AvgIpc) is 2.83. The maximum absolute atomic E-state index is 12.8. The molecule has 0 saturated carbocycles. The smallest absolute Gasteiger partial charge is 0.267 e. The summed E-state index contributed by atoms with van der Waals surface area (Å²) in [7, 11) is 0. The second-order valence-electron chi connectivity index (χ2n) is 6.71. The predicted molar refractivity (Wildman–Crippen MR) is 123 cm³/mol. The first-order chi connectivity index (χ1) is 15.6. The van der Waals surface area contributed by atoms with E-state index in [9.17, 15) is 14.9 Å². The van der Waals surface area contributed by atoms with E-state index in [1.54, 1.807) is 48.8 Å². The molecule has 0 saturated heterocycles. The number of fused-ring (bicyclic) bond motifs is 1. The zero-order valence-electron chi connectivity index (χ0n) is 16.8. The Bertz CT molecular complexity index is 1350. The van der Waals surface area contributed by atoms with E-state index < -0.39 is 10.8 Å². The molecule has 0 spiro atoms. The van der Waals surface area contributed by atoms with E-state index in [1.807, 2.05) is 30.3 Å². The third-order valence-corrected chi connectivity index (χ3v) is 4.65. The van der Waals surface area contributed by atoms with Gasteiger partial charge >= 0.3 is 0 Å². The van der Waals surface area contributed by atoms with Gasteiger partial charge in [-0.25, -0.2) is 10.4 Å². The van der Waals surface area contributed by atoms with Crippen LogP contribution in [0, 0.1) is 10.1 Å². The van der Waals surface area contributed by atoms with Gasteiger partial charge in [0.1, 0.15) is 0 Å². The van der Waals surface area contributed by atoms with E-state index in [-0.39, 0.29) is 5.69 Å². The molecule has 0 aliphatic heterocycles. The van der Waals surface area contributed by atoms with E-state index in [1.165, 1.54) is 18.4 Å². The number of hydrogen-bond acceptors (Lipinski definition) is 6. The van der Waals surface area contributed by atoms with Crippen molar-refractivity contribution in [3.8, 4) is 11.3 Å². The summed E-state index contributed by atoms with van der Waals surface area (Å²) in [5.74, 6) is -0.399. The molecule has 32 heavy (non-hydrogen) atoms. The van der Waals surface area contributed by atoms with Crippen molar-refractivity contribution in [3.05, 3.63) is 106 Å². The summed E-state index contributed by atoms with van der Waals surface area (Å²) < 4.78 is 0. The fraction of sp³-hybridized carbons (Fsp3) is 0. The molecule has 8 nitrogen and oxygen atoms in total. The number of benzene rings is 2. The van der Waals surface area contributed by atoms with Crippen LogP contribution in [-0.2, 0) is 0 Å². The highest BCUT2D eigenvalue weighted by molar-refractivity contribution is 6.07. The summed E-state index contributed by atoms with van der Waals surface area (Å²) in [4.78, 5) is 32.2. The van der Waals surface area contributed by atoms with Crippen LogP contribution in [-0.4, -0.2) is 27.0 Å². The number of nitrogens with zero attached hydrogens (tertiary/aromatic N) is 4. The molecule has 0 radical (unpaired) electrons. The van der Waals surface area contributed by atoms with Crippen LogP contribution in [0.1, 0.15) is 15.9 Å². The lowest BCUT2D eigenvalue weighted by molar-refractivity contribution is -0.385. The first-order valence-electron chi connectivity index (χ1n) is 9.67. The molecular weight excluding hydrogens is 406 g/mol. The number of hydrazone groups is 1. The second kappa shape index (κ2) is 9.40. The van der Waals surface area contributed by atoms with Crippen LogP contribution < -0.4 is 5.43 Å². The number of pyridine rings is 2. The van der Waals surface area contributed by atoms with Crippen molar-refractivity contribution in [2.45, 2.75) is 0 Å². The Labute approximate surface area is 183 Å². The number of aromatic nitrogens is 2. The summed E-state index contributed by atoms with van der Waals surface area (Å²) in [6.45, 7) is 0. The van der Waals surface area contributed by atoms with E-state index >= 15 is 0 Å². The number of carbonyl (C=O) groups excluding carboxylic acids is 1. The van der Waals surface area contributed by atoms with Crippen molar-refractivity contribution in [1.82, 2.24) is 15.4 Å². The lowest BCUT2D eigenvalue weighted by Crippen LogP contribution is -2.18. The van der Waals surface area contributed by atoms with Gasteiger partial charge in [0.15, 0.2) is 0 Å². The number of para-hydroxylation sites is 2. The third kappa shape index (κ3) is 4.54. The van der Waals surface area contributed by atoms with Gasteiger partial charge in [0.05, 0.1) is 27.3 Å². The van der Waals surface area contributed by atoms with Crippen LogP contribution in [0.4, 0.5) is 5.69 Å². The molecular formula is C24H17N5O3. The minimum Gasteiger partial charge on any atom is -0.267 e. The van der Waals surface area contributed by atoms with Gasteiger partial charge in [0.2, 0.25) is 0 Å². The highest BCUT2D eigenvalue weighted by Crippen LogP contribution is 2.24. The van der Waals surface area contributed by atoms with Crippen molar-refractivity contribution < 1.29 is 9.72 Å². The molecule has 2 heterocycles. The maximum Gasteiger partial charge on any atom is 0.276 e. The Morgan fingerprint density at radius 3 is 2.69 bits per heavy atom. The number of carbonyl (C=O) groups is 1. The Morgan fingerprint density at radius 1 is 1.06 bits per heavy atom. The largest absolute Gasteiger partial charge is 0.276 e. The molecule has 4 aromatic rings. The number of amides is 1. The van der Waals surface area contributed by atoms with Crippen molar-refractivity contribution in [1.29, 1.82) is 0 Å². The lowest BCUT2D eigenvalue weighted by Gasteiger charge is -2.08. The van der Waals surface area contributed by atoms with Gasteiger partial charge < -0.3 is 0 Å². The molecule has 0 atom stereocenters. The van der Waals surface area contributed by atoms with E-state index in [0.29, 0.717) is 27.7 Å². The number of hydrogen-bond donors (Lipinski definition) is 1. The monoisotopic (exact) mass is 423 g/mol. The van der Waals surface area contributed by atoms with Crippen LogP contribution in [0.3, 0.4) is 0 Å². The van der Waals surface area contributed by atoms with E-state index in [4.69, 9.17) is 0 Å². The number of nitrogens with one attached hydrogen (secondary N) is 1. The van der Waals surface area contributed by atoms with Crippen LogP contribution in [0.15, 0.2) is 90.3 Å². The van der Waals surface area contributed by atoms with Crippen LogP contribution in [0.5, 0.6) is 0 Å². The van der Waals surface area contributed by atoms with Crippen LogP contribution in [0.25, 0.3) is 28.2 Å². The summed E-state index contributed by atoms with van der Waals surface area (Å²) in [6.07, 6.45) is 7.79. The van der Waals surface area contributed by atoms with Crippen LogP contribution >= 0.6 is 0 Å². The highest BCUT2D eigenvalue weighted by Gasteiger charge is 2.13. The number of allylic oxidation sites excluding steroid dienone is 1. The Balaban J connectivity index is 1.56. The molecule has 2 aromatic heterocycles. The summed E-state index contributed by atoms with van der Waals surface area (Å²) in [5, 5.41) is 15.7. The Hall–Kier alpha value is -4.72. The molecule has 0 aliphatic carbocycles. The molecule has 2 aromatic carbocycles. The number of nitro groups is 1. The first-order valence-corrected chi connectivity index (χ1v) is 9.67. The topological polar surface area (TPSA) is 110 Å². The third-order valence-electron chi connectivity index (χ3n) is 4.65. The van der Waals surface area contributed by atoms with Gasteiger partial charge in [-0.1, -0.05) is 30.3 Å². The average molecular weight is 423 g/mol. The summed E-state index contributed by atoms with van der Waals surface area (Å²) in [6, 6.07) is 19.1. The van der Waals surface area contributed by atoms with Gasteiger partial charge in [0.25, 0.3) is 11.6 Å². The molecule has 0 fully saturated rings. The van der Waals surface area contributed by atoms with Gasteiger partial charge in [-0.2, -0.15) is 5.10 Å². The number of nitro benzene ring substituents is 1. The second-order valence-corrected chi connectivity index (χ2v) is 6.71. The quantitative estimate of drug-likeness (QED) is 0.276. The molecule has 8 heteroatoms. The van der Waals surface area contributed by atoms with Crippen molar-refractivity contribution in [2.75, 3.05) is 0 Å². The lowest BCUT2D eigenvalue weighted by atomic mass is 10.0. The van der Waals surface area contributed by atoms with Crippen molar-refractivity contribution in [2.24, 2.45) is 5.10 Å². The molecule has 0 bridgehead atoms.